The van der Waals surface area contributed by atoms with Crippen molar-refractivity contribution in [3.05, 3.63) is 39.9 Å². The zero-order valence-corrected chi connectivity index (χ0v) is 10.7. The molecule has 2 aromatic rings. The van der Waals surface area contributed by atoms with Crippen molar-refractivity contribution in [2.75, 3.05) is 5.32 Å². The van der Waals surface area contributed by atoms with E-state index in [4.69, 9.17) is 0 Å². The molecular formula is C11H12N6O3. The smallest absolute Gasteiger partial charge is 0.282 e. The van der Waals surface area contributed by atoms with Crippen molar-refractivity contribution in [1.29, 1.82) is 0 Å². The number of hydrogen-bond acceptors (Lipinski definition) is 6. The van der Waals surface area contributed by atoms with Crippen LogP contribution in [0, 0.1) is 10.1 Å². The van der Waals surface area contributed by atoms with Crippen LogP contribution in [0.15, 0.2) is 24.3 Å². The minimum absolute atomic E-state index is 0.0154. The Morgan fingerprint density at radius 1 is 1.45 bits per heavy atom. The lowest BCUT2D eigenvalue weighted by Crippen LogP contribution is -2.15. The van der Waals surface area contributed by atoms with E-state index in [2.05, 4.69) is 20.7 Å². The number of nitro benzene ring substituents is 1. The molecule has 1 aromatic carbocycles. The molecule has 9 heteroatoms. The summed E-state index contributed by atoms with van der Waals surface area (Å²) in [7, 11) is 0. The van der Waals surface area contributed by atoms with Crippen molar-refractivity contribution < 1.29 is 9.72 Å². The molecule has 1 heterocycles. The number of aromatic nitrogens is 4. The van der Waals surface area contributed by atoms with Crippen molar-refractivity contribution in [2.24, 2.45) is 0 Å². The number of amides is 1. The first kappa shape index (κ1) is 13.6. The summed E-state index contributed by atoms with van der Waals surface area (Å²) in [4.78, 5) is 23.5. The van der Waals surface area contributed by atoms with Crippen molar-refractivity contribution in [1.82, 2.24) is 20.2 Å². The molecule has 0 aliphatic carbocycles. The quantitative estimate of drug-likeness (QED) is 0.648. The number of nitrogens with one attached hydrogen (secondary N) is 1. The molecule has 0 aliphatic heterocycles. The van der Waals surface area contributed by atoms with Gasteiger partial charge in [-0.25, -0.2) is 0 Å². The number of nitrogens with zero attached hydrogens (tertiary/aromatic N) is 5. The van der Waals surface area contributed by atoms with Crippen LogP contribution in [0.3, 0.4) is 0 Å². The average Bonchev–Trinajstić information content (AvgIpc) is 2.86. The molecule has 0 saturated heterocycles. The Morgan fingerprint density at radius 2 is 2.20 bits per heavy atom. The summed E-state index contributed by atoms with van der Waals surface area (Å²) in [5, 5.41) is 24.6. The predicted molar refractivity (Wildman–Crippen MR) is 69.2 cm³/mol. The second-order valence-corrected chi connectivity index (χ2v) is 3.94. The number of carbonyl (C=O) groups is 1. The summed E-state index contributed by atoms with van der Waals surface area (Å²) in [6, 6.07) is 5.66. The minimum atomic E-state index is -0.645. The zero-order chi connectivity index (χ0) is 14.5. The molecule has 104 valence electrons. The number of hydrogen-bond donors (Lipinski definition) is 1. The third-order valence-electron chi connectivity index (χ3n) is 2.45. The van der Waals surface area contributed by atoms with E-state index >= 15 is 0 Å². The third kappa shape index (κ3) is 2.94. The average molecular weight is 276 g/mol. The normalized spacial score (nSPS) is 10.2. The summed E-state index contributed by atoms with van der Waals surface area (Å²) in [6.45, 7) is 2.53. The number of tetrazole rings is 1. The second kappa shape index (κ2) is 5.87. The van der Waals surface area contributed by atoms with E-state index in [0.717, 1.165) is 6.42 Å². The fourth-order valence-electron chi connectivity index (χ4n) is 1.58. The van der Waals surface area contributed by atoms with Crippen molar-refractivity contribution in [2.45, 2.75) is 19.9 Å². The maximum atomic E-state index is 12.0. The Morgan fingerprint density at radius 3 is 2.90 bits per heavy atom. The molecule has 0 radical (unpaired) electrons. The maximum Gasteiger partial charge on any atom is 0.282 e. The molecule has 0 saturated carbocycles. The highest BCUT2D eigenvalue weighted by molar-refractivity contribution is 6.06. The summed E-state index contributed by atoms with van der Waals surface area (Å²) in [6.07, 6.45) is 0.827. The Kier molecular flexibility index (Phi) is 3.99. The molecule has 0 aliphatic rings. The fourth-order valence-corrected chi connectivity index (χ4v) is 1.58. The van der Waals surface area contributed by atoms with Gasteiger partial charge in [0.25, 0.3) is 17.5 Å². The first-order valence-electron chi connectivity index (χ1n) is 5.94. The van der Waals surface area contributed by atoms with Gasteiger partial charge in [0.2, 0.25) is 0 Å². The van der Waals surface area contributed by atoms with Gasteiger partial charge in [-0.3, -0.25) is 20.2 Å². The Bertz CT molecular complexity index is 639. The topological polar surface area (TPSA) is 116 Å². The van der Waals surface area contributed by atoms with Gasteiger partial charge < -0.3 is 0 Å². The summed E-state index contributed by atoms with van der Waals surface area (Å²) < 4.78 is 0. The lowest BCUT2D eigenvalue weighted by molar-refractivity contribution is -0.385. The van der Waals surface area contributed by atoms with E-state index < -0.39 is 10.8 Å². The predicted octanol–water partition coefficient (Wildman–Crippen LogP) is 1.24. The molecule has 0 bridgehead atoms. The molecule has 2 rings (SSSR count). The van der Waals surface area contributed by atoms with Gasteiger partial charge in [0.05, 0.1) is 11.5 Å². The highest BCUT2D eigenvalue weighted by Gasteiger charge is 2.20. The van der Waals surface area contributed by atoms with Gasteiger partial charge in [-0.15, -0.1) is 5.10 Å². The Hall–Kier alpha value is -2.84. The Balaban J connectivity index is 2.17. The van der Waals surface area contributed by atoms with Crippen LogP contribution in [0.25, 0.3) is 0 Å². The van der Waals surface area contributed by atoms with E-state index in [0.29, 0.717) is 6.54 Å². The van der Waals surface area contributed by atoms with E-state index in [-0.39, 0.29) is 17.2 Å². The number of aryl methyl sites for hydroxylation is 1. The second-order valence-electron chi connectivity index (χ2n) is 3.94. The minimum Gasteiger partial charge on any atom is -0.288 e. The number of anilines is 1. The highest BCUT2D eigenvalue weighted by Crippen LogP contribution is 2.18. The number of para-hydroxylation sites is 1. The molecule has 20 heavy (non-hydrogen) atoms. The summed E-state index contributed by atoms with van der Waals surface area (Å²) in [5.41, 5.74) is -0.324. The van der Waals surface area contributed by atoms with Gasteiger partial charge in [0, 0.05) is 6.07 Å². The van der Waals surface area contributed by atoms with Gasteiger partial charge in [0.1, 0.15) is 5.56 Å². The third-order valence-corrected chi connectivity index (χ3v) is 2.45. The number of nitro groups is 1. The van der Waals surface area contributed by atoms with Gasteiger partial charge in [0.15, 0.2) is 0 Å². The molecule has 9 nitrogen and oxygen atoms in total. The standard InChI is InChI=1S/C11H12N6O3/c1-2-7-16-14-11(13-15-16)12-10(18)8-5-3-4-6-9(8)17(19)20/h3-6H,2,7H2,1H3,(H,12,14,18). The summed E-state index contributed by atoms with van der Waals surface area (Å²) in [5.74, 6) is -0.630. The molecule has 0 unspecified atom stereocenters. The molecule has 0 spiro atoms. The van der Waals surface area contributed by atoms with Crippen LogP contribution in [0.1, 0.15) is 23.7 Å². The first-order chi connectivity index (χ1) is 9.61. The van der Waals surface area contributed by atoms with Crippen LogP contribution in [0.5, 0.6) is 0 Å². The van der Waals surface area contributed by atoms with Gasteiger partial charge in [-0.1, -0.05) is 24.2 Å². The molecule has 0 fully saturated rings. The molecule has 1 aromatic heterocycles. The van der Waals surface area contributed by atoms with Gasteiger partial charge in [-0.05, 0) is 17.7 Å². The Labute approximate surface area is 113 Å². The van der Waals surface area contributed by atoms with Gasteiger partial charge in [-0.2, -0.15) is 4.80 Å². The molecule has 1 N–H and O–H groups in total. The van der Waals surface area contributed by atoms with Gasteiger partial charge >= 0.3 is 0 Å². The highest BCUT2D eigenvalue weighted by atomic mass is 16.6. The van der Waals surface area contributed by atoms with Crippen LogP contribution < -0.4 is 5.32 Å². The SMILES string of the molecule is CCCn1nnc(NC(=O)c2ccccc2[N+](=O)[O-])n1. The van der Waals surface area contributed by atoms with Crippen LogP contribution in [0.4, 0.5) is 11.6 Å². The van der Waals surface area contributed by atoms with Crippen molar-refractivity contribution in [3.8, 4) is 0 Å². The van der Waals surface area contributed by atoms with Crippen LogP contribution in [0.2, 0.25) is 0 Å². The van der Waals surface area contributed by atoms with Crippen LogP contribution >= 0.6 is 0 Å². The molecule has 0 atom stereocenters. The fraction of sp³-hybridized carbons (Fsp3) is 0.273. The van der Waals surface area contributed by atoms with Crippen LogP contribution in [-0.4, -0.2) is 31.0 Å². The van der Waals surface area contributed by atoms with E-state index in [1.165, 1.54) is 23.0 Å². The first-order valence-corrected chi connectivity index (χ1v) is 5.94. The number of benzene rings is 1. The number of carbonyl (C=O) groups excluding carboxylic acids is 1. The van der Waals surface area contributed by atoms with Crippen molar-refractivity contribution in [3.63, 3.8) is 0 Å². The largest absolute Gasteiger partial charge is 0.288 e. The molecule has 1 amide bonds. The lowest BCUT2D eigenvalue weighted by Gasteiger charge is -2.01. The lowest BCUT2D eigenvalue weighted by atomic mass is 10.1. The van der Waals surface area contributed by atoms with E-state index in [1.54, 1.807) is 6.07 Å². The maximum absolute atomic E-state index is 12.0. The van der Waals surface area contributed by atoms with E-state index in [9.17, 15) is 14.9 Å². The zero-order valence-electron chi connectivity index (χ0n) is 10.7. The van der Waals surface area contributed by atoms with E-state index in [1.807, 2.05) is 6.92 Å². The number of rotatable bonds is 5. The van der Waals surface area contributed by atoms with Crippen LogP contribution in [-0.2, 0) is 6.54 Å². The molecular weight excluding hydrogens is 264 g/mol. The summed E-state index contributed by atoms with van der Waals surface area (Å²) >= 11 is 0. The monoisotopic (exact) mass is 276 g/mol. The van der Waals surface area contributed by atoms with Crippen molar-refractivity contribution >= 4 is 17.5 Å².